The number of nitrogens with one attached hydrogen (secondary N) is 1. The third-order valence-corrected chi connectivity index (χ3v) is 10.3. The molecular formula is C16H15N3O3S5. The second kappa shape index (κ2) is 8.02. The molecule has 3 aromatic rings. The number of thioether (sulfide) groups is 1. The standard InChI is InChI=1S/C16H15N3O3S5/c20-15(17-7-11-8-26-16(18-11)13-3-1-5-24-13)12-9-23-10-19(12)27(21,22)14-4-2-6-25-14/h1-6,8,12H,7,9-10H2,(H,17,20)/t12-/m1/s1. The zero-order valence-electron chi connectivity index (χ0n) is 13.9. The topological polar surface area (TPSA) is 79.4 Å². The Kier molecular flexibility index (Phi) is 5.67. The fourth-order valence-electron chi connectivity index (χ4n) is 2.59. The van der Waals surface area contributed by atoms with Crippen molar-refractivity contribution in [3.8, 4) is 9.88 Å². The van der Waals surface area contributed by atoms with Crippen LogP contribution in [0, 0.1) is 0 Å². The molecule has 11 heteroatoms. The molecule has 0 radical (unpaired) electrons. The van der Waals surface area contributed by atoms with E-state index in [1.807, 2.05) is 22.9 Å². The van der Waals surface area contributed by atoms with Crippen LogP contribution in [0.5, 0.6) is 0 Å². The van der Waals surface area contributed by atoms with E-state index in [4.69, 9.17) is 0 Å². The Morgan fingerprint density at radius 2 is 2.04 bits per heavy atom. The highest BCUT2D eigenvalue weighted by Crippen LogP contribution is 2.31. The van der Waals surface area contributed by atoms with Crippen molar-refractivity contribution in [3.63, 3.8) is 0 Å². The highest BCUT2D eigenvalue weighted by molar-refractivity contribution is 8.01. The second-order valence-corrected chi connectivity index (χ2v) is 11.5. The van der Waals surface area contributed by atoms with Crippen LogP contribution in [0.25, 0.3) is 9.88 Å². The molecule has 142 valence electrons. The molecule has 1 fully saturated rings. The van der Waals surface area contributed by atoms with Gasteiger partial charge in [-0.3, -0.25) is 4.79 Å². The van der Waals surface area contributed by atoms with Crippen LogP contribution in [0.15, 0.2) is 44.6 Å². The lowest BCUT2D eigenvalue weighted by atomic mass is 10.3. The van der Waals surface area contributed by atoms with Gasteiger partial charge in [-0.15, -0.1) is 45.8 Å². The predicted octanol–water partition coefficient (Wildman–Crippen LogP) is 3.31. The summed E-state index contributed by atoms with van der Waals surface area (Å²) < 4.78 is 27.1. The summed E-state index contributed by atoms with van der Waals surface area (Å²) in [6.07, 6.45) is 0. The molecule has 1 saturated heterocycles. The number of amides is 1. The first-order chi connectivity index (χ1) is 13.1. The van der Waals surface area contributed by atoms with Crippen LogP contribution in [-0.2, 0) is 21.4 Å². The van der Waals surface area contributed by atoms with E-state index in [-0.39, 0.29) is 22.5 Å². The molecule has 4 heterocycles. The van der Waals surface area contributed by atoms with Gasteiger partial charge in [0.2, 0.25) is 5.91 Å². The molecule has 6 nitrogen and oxygen atoms in total. The fourth-order valence-corrected chi connectivity index (χ4v) is 8.50. The van der Waals surface area contributed by atoms with E-state index in [0.29, 0.717) is 5.75 Å². The number of thiophene rings is 2. The van der Waals surface area contributed by atoms with Crippen molar-refractivity contribution in [2.45, 2.75) is 16.8 Å². The van der Waals surface area contributed by atoms with Crippen LogP contribution in [-0.4, -0.2) is 41.3 Å². The quantitative estimate of drug-likeness (QED) is 0.614. The smallest absolute Gasteiger partial charge is 0.254 e. The van der Waals surface area contributed by atoms with Crippen molar-refractivity contribution in [1.82, 2.24) is 14.6 Å². The van der Waals surface area contributed by atoms with E-state index in [0.717, 1.165) is 26.9 Å². The number of carbonyl (C=O) groups excluding carboxylic acids is 1. The predicted molar refractivity (Wildman–Crippen MR) is 112 cm³/mol. The maximum absolute atomic E-state index is 12.8. The molecule has 0 unspecified atom stereocenters. The van der Waals surface area contributed by atoms with Crippen LogP contribution in [0.4, 0.5) is 0 Å². The van der Waals surface area contributed by atoms with Crippen LogP contribution in [0.1, 0.15) is 5.69 Å². The lowest BCUT2D eigenvalue weighted by Gasteiger charge is -2.21. The molecule has 1 amide bonds. The van der Waals surface area contributed by atoms with Crippen molar-refractivity contribution in [1.29, 1.82) is 0 Å². The highest BCUT2D eigenvalue weighted by atomic mass is 32.2. The molecular weight excluding hydrogens is 443 g/mol. The summed E-state index contributed by atoms with van der Waals surface area (Å²) >= 11 is 5.76. The van der Waals surface area contributed by atoms with Gasteiger partial charge < -0.3 is 5.32 Å². The normalized spacial score (nSPS) is 18.0. The Bertz CT molecular complexity index is 1010. The van der Waals surface area contributed by atoms with Crippen LogP contribution >= 0.6 is 45.8 Å². The van der Waals surface area contributed by atoms with E-state index in [2.05, 4.69) is 10.3 Å². The monoisotopic (exact) mass is 457 g/mol. The Hall–Kier alpha value is -1.24. The van der Waals surface area contributed by atoms with Gasteiger partial charge in [0.15, 0.2) is 0 Å². The van der Waals surface area contributed by atoms with Crippen molar-refractivity contribution >= 4 is 61.7 Å². The maximum Gasteiger partial charge on any atom is 0.254 e. The Balaban J connectivity index is 1.42. The largest absolute Gasteiger partial charge is 0.349 e. The first-order valence-corrected chi connectivity index (χ1v) is 13.2. The first-order valence-electron chi connectivity index (χ1n) is 7.95. The number of sulfonamides is 1. The lowest BCUT2D eigenvalue weighted by molar-refractivity contribution is -0.124. The van der Waals surface area contributed by atoms with Gasteiger partial charge in [0.1, 0.15) is 15.3 Å². The highest BCUT2D eigenvalue weighted by Gasteiger charge is 2.40. The Morgan fingerprint density at radius 3 is 2.78 bits per heavy atom. The number of hydrogen-bond donors (Lipinski definition) is 1. The third kappa shape index (κ3) is 3.98. The number of carbonyl (C=O) groups is 1. The summed E-state index contributed by atoms with van der Waals surface area (Å²) in [5.74, 6) is 0.455. The third-order valence-electron chi connectivity index (χ3n) is 3.93. The lowest BCUT2D eigenvalue weighted by Crippen LogP contribution is -2.46. The van der Waals surface area contributed by atoms with E-state index in [9.17, 15) is 13.2 Å². The minimum Gasteiger partial charge on any atom is -0.349 e. The molecule has 1 N–H and O–H groups in total. The minimum atomic E-state index is -3.64. The van der Waals surface area contributed by atoms with Gasteiger partial charge in [-0.2, -0.15) is 4.31 Å². The molecule has 1 aliphatic heterocycles. The zero-order valence-corrected chi connectivity index (χ0v) is 18.0. The van der Waals surface area contributed by atoms with Gasteiger partial charge in [0.25, 0.3) is 10.0 Å². The molecule has 3 aromatic heterocycles. The summed E-state index contributed by atoms with van der Waals surface area (Å²) in [6, 6.07) is 6.55. The second-order valence-electron chi connectivity index (χ2n) is 5.68. The average Bonchev–Trinajstić information content (AvgIpc) is 3.46. The van der Waals surface area contributed by atoms with Gasteiger partial charge in [-0.1, -0.05) is 12.1 Å². The molecule has 27 heavy (non-hydrogen) atoms. The van der Waals surface area contributed by atoms with Gasteiger partial charge in [-0.05, 0) is 22.9 Å². The molecule has 0 aliphatic carbocycles. The molecule has 0 aromatic carbocycles. The number of aromatic nitrogens is 1. The minimum absolute atomic E-state index is 0.267. The SMILES string of the molecule is O=C(NCc1csc(-c2cccs2)n1)[C@H]1CSCN1S(=O)(=O)c1cccs1. The average molecular weight is 458 g/mol. The van der Waals surface area contributed by atoms with Crippen LogP contribution < -0.4 is 5.32 Å². The molecule has 0 bridgehead atoms. The number of hydrogen-bond acceptors (Lipinski definition) is 8. The van der Waals surface area contributed by atoms with Crippen molar-refractivity contribution in [2.75, 3.05) is 11.6 Å². The van der Waals surface area contributed by atoms with E-state index < -0.39 is 16.1 Å². The number of rotatable bonds is 6. The van der Waals surface area contributed by atoms with Crippen LogP contribution in [0.2, 0.25) is 0 Å². The Morgan fingerprint density at radius 1 is 1.22 bits per heavy atom. The molecule has 4 rings (SSSR count). The first kappa shape index (κ1) is 19.1. The Labute approximate surface area is 173 Å². The summed E-state index contributed by atoms with van der Waals surface area (Å²) in [7, 11) is -3.64. The van der Waals surface area contributed by atoms with E-state index in [1.165, 1.54) is 27.4 Å². The van der Waals surface area contributed by atoms with Crippen molar-refractivity contribution < 1.29 is 13.2 Å². The fraction of sp³-hybridized carbons (Fsp3) is 0.250. The van der Waals surface area contributed by atoms with E-state index >= 15 is 0 Å². The van der Waals surface area contributed by atoms with Gasteiger partial charge in [0.05, 0.1) is 23.0 Å². The molecule has 1 atom stereocenters. The molecule has 0 spiro atoms. The maximum atomic E-state index is 12.8. The zero-order chi connectivity index (χ0) is 18.9. The van der Waals surface area contributed by atoms with Crippen molar-refractivity contribution in [2.24, 2.45) is 0 Å². The van der Waals surface area contributed by atoms with Gasteiger partial charge in [0, 0.05) is 11.1 Å². The van der Waals surface area contributed by atoms with Crippen molar-refractivity contribution in [3.05, 3.63) is 46.1 Å². The summed E-state index contributed by atoms with van der Waals surface area (Å²) in [5.41, 5.74) is 0.773. The molecule has 0 saturated carbocycles. The summed E-state index contributed by atoms with van der Waals surface area (Å²) in [5, 5.41) is 9.40. The summed E-state index contributed by atoms with van der Waals surface area (Å²) in [6.45, 7) is 0.286. The molecule has 1 aliphatic rings. The van der Waals surface area contributed by atoms with Gasteiger partial charge in [-0.25, -0.2) is 13.4 Å². The van der Waals surface area contributed by atoms with Gasteiger partial charge >= 0.3 is 0 Å². The number of thiazole rings is 1. The number of nitrogens with zero attached hydrogens (tertiary/aromatic N) is 2. The van der Waals surface area contributed by atoms with E-state index in [1.54, 1.807) is 28.8 Å². The summed E-state index contributed by atoms with van der Waals surface area (Å²) in [4.78, 5) is 18.3. The van der Waals surface area contributed by atoms with Crippen LogP contribution in [0.3, 0.4) is 0 Å².